The van der Waals surface area contributed by atoms with Crippen molar-refractivity contribution in [2.75, 3.05) is 0 Å². The fraction of sp³-hybridized carbons (Fsp3) is 0.316. The van der Waals surface area contributed by atoms with Crippen LogP contribution in [-0.4, -0.2) is 31.2 Å². The molecule has 1 aliphatic heterocycles. The fourth-order valence-corrected chi connectivity index (χ4v) is 6.07. The van der Waals surface area contributed by atoms with Crippen LogP contribution in [0, 0.1) is 0 Å². The lowest BCUT2D eigenvalue weighted by Crippen LogP contribution is -2.55. The number of hydrogen-bond donors (Lipinski definition) is 4. The molecule has 3 rings (SSSR count). The van der Waals surface area contributed by atoms with Gasteiger partial charge < -0.3 is 5.73 Å². The first kappa shape index (κ1) is 19.3. The summed E-state index contributed by atoms with van der Waals surface area (Å²) in [4.78, 5) is 29.2. The molecule has 1 saturated heterocycles. The summed E-state index contributed by atoms with van der Waals surface area (Å²) in [7, 11) is -3.57. The summed E-state index contributed by atoms with van der Waals surface area (Å²) in [5.74, 6) is -1.71. The average molecular weight is 389 g/mol. The number of nitrogens with zero attached hydrogens (tertiary/aromatic N) is 1. The number of hydrogen-bond acceptors (Lipinski definition) is 5. The van der Waals surface area contributed by atoms with Crippen LogP contribution in [0.1, 0.15) is 36.8 Å². The number of nitrogens with one attached hydrogen (secondary N) is 1. The van der Waals surface area contributed by atoms with Crippen molar-refractivity contribution in [3.8, 4) is 0 Å². The molecule has 0 spiro atoms. The van der Waals surface area contributed by atoms with Gasteiger partial charge in [-0.3, -0.25) is 28.4 Å². The first-order valence-corrected chi connectivity index (χ1v) is 10.3. The van der Waals surface area contributed by atoms with Crippen LogP contribution in [0.2, 0.25) is 0 Å². The second kappa shape index (κ2) is 7.30. The highest BCUT2D eigenvalue weighted by Gasteiger charge is 2.59. The van der Waals surface area contributed by atoms with Gasteiger partial charge in [0.25, 0.3) is 0 Å². The summed E-state index contributed by atoms with van der Waals surface area (Å²) in [6.45, 7) is 1.90. The van der Waals surface area contributed by atoms with Gasteiger partial charge in [-0.05, 0) is 23.6 Å². The molecule has 0 bridgehead atoms. The number of pyridine rings is 1. The molecule has 0 aliphatic carbocycles. The van der Waals surface area contributed by atoms with Crippen LogP contribution >= 0.6 is 10.8 Å². The Morgan fingerprint density at radius 1 is 1.33 bits per heavy atom. The van der Waals surface area contributed by atoms with Crippen molar-refractivity contribution in [2.24, 2.45) is 5.73 Å². The SMILES string of the molecule is CCC(c1cccnc1)C(C(N)=O)(c1ccccc1)C1CC(=O)NS1(O)O. The summed E-state index contributed by atoms with van der Waals surface area (Å²) in [5, 5.41) is -1.08. The van der Waals surface area contributed by atoms with Gasteiger partial charge in [0.05, 0.1) is 11.7 Å². The minimum Gasteiger partial charge on any atom is -0.369 e. The molecule has 7 nitrogen and oxygen atoms in total. The number of primary amides is 1. The van der Waals surface area contributed by atoms with Crippen LogP contribution in [0.3, 0.4) is 0 Å². The van der Waals surface area contributed by atoms with Crippen molar-refractivity contribution in [3.05, 3.63) is 66.0 Å². The Morgan fingerprint density at radius 2 is 2.04 bits per heavy atom. The number of benzene rings is 1. The highest BCUT2D eigenvalue weighted by atomic mass is 32.3. The Kier molecular flexibility index (Phi) is 5.23. The summed E-state index contributed by atoms with van der Waals surface area (Å²) < 4.78 is 23.5. The maximum Gasteiger partial charge on any atom is 0.239 e. The molecule has 144 valence electrons. The number of amides is 2. The van der Waals surface area contributed by atoms with Crippen LogP contribution in [0.4, 0.5) is 0 Å². The number of rotatable bonds is 6. The summed E-state index contributed by atoms with van der Waals surface area (Å²) in [6.07, 6.45) is 3.56. The van der Waals surface area contributed by atoms with Crippen LogP contribution in [0.5, 0.6) is 0 Å². The van der Waals surface area contributed by atoms with Gasteiger partial charge in [0, 0.05) is 18.3 Å². The molecular formula is C19H23N3O4S. The van der Waals surface area contributed by atoms with Crippen LogP contribution in [0.15, 0.2) is 54.9 Å². The zero-order valence-electron chi connectivity index (χ0n) is 14.9. The molecule has 0 saturated carbocycles. The molecule has 27 heavy (non-hydrogen) atoms. The summed E-state index contributed by atoms with van der Waals surface area (Å²) in [6, 6.07) is 12.4. The highest BCUT2D eigenvalue weighted by Crippen LogP contribution is 2.59. The predicted molar refractivity (Wildman–Crippen MR) is 104 cm³/mol. The van der Waals surface area contributed by atoms with E-state index in [9.17, 15) is 18.7 Å². The first-order chi connectivity index (χ1) is 12.8. The van der Waals surface area contributed by atoms with Crippen LogP contribution < -0.4 is 10.5 Å². The van der Waals surface area contributed by atoms with E-state index in [0.717, 1.165) is 5.56 Å². The van der Waals surface area contributed by atoms with E-state index < -0.39 is 39.2 Å². The normalized spacial score (nSPS) is 23.1. The quantitative estimate of drug-likeness (QED) is 0.604. The van der Waals surface area contributed by atoms with Crippen molar-refractivity contribution in [2.45, 2.75) is 36.3 Å². The van der Waals surface area contributed by atoms with E-state index >= 15 is 0 Å². The lowest BCUT2D eigenvalue weighted by molar-refractivity contribution is -0.125. The Labute approximate surface area is 159 Å². The lowest BCUT2D eigenvalue weighted by atomic mass is 9.63. The Bertz CT molecular complexity index is 831. The van der Waals surface area contributed by atoms with E-state index in [-0.39, 0.29) is 6.42 Å². The molecule has 1 aromatic carbocycles. The maximum absolute atomic E-state index is 13.0. The highest BCUT2D eigenvalue weighted by molar-refractivity contribution is 8.24. The van der Waals surface area contributed by atoms with Gasteiger partial charge in [0.1, 0.15) is 5.41 Å². The largest absolute Gasteiger partial charge is 0.369 e. The topological polar surface area (TPSA) is 126 Å². The molecular weight excluding hydrogens is 366 g/mol. The van der Waals surface area contributed by atoms with E-state index in [4.69, 9.17) is 5.73 Å². The van der Waals surface area contributed by atoms with Gasteiger partial charge in [0.15, 0.2) is 0 Å². The minimum atomic E-state index is -3.57. The van der Waals surface area contributed by atoms with Crippen molar-refractivity contribution >= 4 is 22.6 Å². The van der Waals surface area contributed by atoms with Crippen molar-refractivity contribution < 1.29 is 18.7 Å². The zero-order chi connectivity index (χ0) is 19.7. The average Bonchev–Trinajstić information content (AvgIpc) is 2.93. The fourth-order valence-electron chi connectivity index (χ4n) is 4.19. The molecule has 2 heterocycles. The second-order valence-corrected chi connectivity index (χ2v) is 8.62. The monoisotopic (exact) mass is 389 g/mol. The smallest absolute Gasteiger partial charge is 0.239 e. The number of carbonyl (C=O) groups is 2. The number of aromatic nitrogens is 1. The standard InChI is InChI=1S/C19H23N3O4S/c1-2-15(13-7-6-10-21-12-13)19(18(20)24,14-8-4-3-5-9-14)16-11-17(23)22-27(16,25)26/h3-10,12,15-16,25-26H,2,11H2,1H3,(H2,20,24)(H,22,23). The summed E-state index contributed by atoms with van der Waals surface area (Å²) in [5.41, 5.74) is 5.77. The molecule has 1 fully saturated rings. The predicted octanol–water partition coefficient (Wildman–Crippen LogP) is 2.55. The third-order valence-electron chi connectivity index (χ3n) is 5.24. The van der Waals surface area contributed by atoms with Gasteiger partial charge in [-0.1, -0.05) is 43.3 Å². The first-order valence-electron chi connectivity index (χ1n) is 8.67. The van der Waals surface area contributed by atoms with Gasteiger partial charge in [0.2, 0.25) is 11.8 Å². The maximum atomic E-state index is 13.0. The molecule has 5 N–H and O–H groups in total. The molecule has 8 heteroatoms. The Balaban J connectivity index is 2.31. The second-order valence-electron chi connectivity index (χ2n) is 6.66. The van der Waals surface area contributed by atoms with E-state index in [1.807, 2.05) is 13.0 Å². The third kappa shape index (κ3) is 3.20. The molecule has 2 amide bonds. The van der Waals surface area contributed by atoms with Crippen LogP contribution in [-0.2, 0) is 15.0 Å². The Morgan fingerprint density at radius 3 is 2.52 bits per heavy atom. The molecule has 1 aromatic heterocycles. The number of carbonyl (C=O) groups excluding carboxylic acids is 2. The zero-order valence-corrected chi connectivity index (χ0v) is 15.7. The summed E-state index contributed by atoms with van der Waals surface area (Å²) >= 11 is 0. The molecule has 0 radical (unpaired) electrons. The molecule has 3 atom stereocenters. The van der Waals surface area contributed by atoms with Crippen molar-refractivity contribution in [1.82, 2.24) is 9.71 Å². The van der Waals surface area contributed by atoms with Gasteiger partial charge in [-0.2, -0.15) is 0 Å². The van der Waals surface area contributed by atoms with Gasteiger partial charge in [-0.25, -0.2) is 0 Å². The van der Waals surface area contributed by atoms with E-state index in [1.54, 1.807) is 48.8 Å². The van der Waals surface area contributed by atoms with Crippen LogP contribution in [0.25, 0.3) is 0 Å². The van der Waals surface area contributed by atoms with E-state index in [1.165, 1.54) is 0 Å². The Hall–Kier alpha value is -2.42. The van der Waals surface area contributed by atoms with Gasteiger partial charge >= 0.3 is 0 Å². The van der Waals surface area contributed by atoms with Gasteiger partial charge in [-0.15, -0.1) is 10.8 Å². The van der Waals surface area contributed by atoms with E-state index in [2.05, 4.69) is 9.71 Å². The van der Waals surface area contributed by atoms with Crippen molar-refractivity contribution in [1.29, 1.82) is 0 Å². The lowest BCUT2D eigenvalue weighted by Gasteiger charge is -2.48. The minimum absolute atomic E-state index is 0.197. The molecule has 3 unspecified atom stereocenters. The molecule has 2 aromatic rings. The van der Waals surface area contributed by atoms with E-state index in [0.29, 0.717) is 12.0 Å². The molecule has 1 aliphatic rings. The third-order valence-corrected chi connectivity index (χ3v) is 7.10. The van der Waals surface area contributed by atoms with Crippen molar-refractivity contribution in [3.63, 3.8) is 0 Å². The number of nitrogens with two attached hydrogens (primary N) is 1.